The smallest absolute Gasteiger partial charge is 0.248 e. The zero-order chi connectivity index (χ0) is 17.5. The summed E-state index contributed by atoms with van der Waals surface area (Å²) in [7, 11) is 3.86. The Morgan fingerprint density at radius 1 is 1.42 bits per heavy atom. The number of pyridine rings is 1. The minimum absolute atomic E-state index is 0.235. The van der Waals surface area contributed by atoms with Crippen molar-refractivity contribution in [2.45, 2.75) is 6.92 Å². The van der Waals surface area contributed by atoms with Crippen molar-refractivity contribution in [1.29, 1.82) is 5.26 Å². The van der Waals surface area contributed by atoms with Gasteiger partial charge in [0.05, 0.1) is 23.4 Å². The van der Waals surface area contributed by atoms with Crippen molar-refractivity contribution in [3.8, 4) is 11.8 Å². The normalized spacial score (nSPS) is 11.0. The number of carbonyl (C=O) groups excluding carboxylic acids is 1. The molecule has 0 saturated heterocycles. The number of ether oxygens (including phenoxy) is 1. The summed E-state index contributed by atoms with van der Waals surface area (Å²) in [6.45, 7) is 3.03. The highest BCUT2D eigenvalue weighted by Gasteiger charge is 2.10. The molecule has 24 heavy (non-hydrogen) atoms. The molecule has 0 radical (unpaired) electrons. The maximum atomic E-state index is 12.1. The number of fused-ring (bicyclic) bond motifs is 1. The molecule has 6 nitrogen and oxygen atoms in total. The molecular formula is C18H20N4O2. The van der Waals surface area contributed by atoms with Crippen molar-refractivity contribution >= 4 is 22.5 Å². The molecule has 0 aliphatic carbocycles. The molecular weight excluding hydrogens is 304 g/mol. The van der Waals surface area contributed by atoms with Crippen molar-refractivity contribution < 1.29 is 9.53 Å². The Kier molecular flexibility index (Phi) is 5.88. The number of aromatic nitrogens is 1. The number of hydrogen-bond donors (Lipinski definition) is 1. The molecule has 0 aliphatic heterocycles. The van der Waals surface area contributed by atoms with Crippen LogP contribution in [0.1, 0.15) is 12.5 Å². The van der Waals surface area contributed by atoms with Crippen molar-refractivity contribution in [2.75, 3.05) is 32.6 Å². The van der Waals surface area contributed by atoms with E-state index in [2.05, 4.69) is 16.4 Å². The zero-order valence-corrected chi connectivity index (χ0v) is 14.0. The first-order chi connectivity index (χ1) is 11.5. The zero-order valence-electron chi connectivity index (χ0n) is 14.0. The molecule has 0 atom stereocenters. The quantitative estimate of drug-likeness (QED) is 0.826. The summed E-state index contributed by atoms with van der Waals surface area (Å²) in [4.78, 5) is 18.3. The minimum atomic E-state index is -0.235. The first-order valence-corrected chi connectivity index (χ1v) is 7.62. The average Bonchev–Trinajstić information content (AvgIpc) is 2.54. The third kappa shape index (κ3) is 4.54. The minimum Gasteiger partial charge on any atom is -0.492 e. The maximum Gasteiger partial charge on any atom is 0.248 e. The number of rotatable bonds is 6. The van der Waals surface area contributed by atoms with Crippen LogP contribution in [0.15, 0.2) is 36.5 Å². The Hall–Kier alpha value is -2.91. The molecule has 0 saturated carbocycles. The molecule has 1 amide bonds. The molecule has 0 fully saturated rings. The van der Waals surface area contributed by atoms with Crippen molar-refractivity contribution in [1.82, 2.24) is 9.88 Å². The molecule has 1 heterocycles. The topological polar surface area (TPSA) is 78.2 Å². The second-order valence-corrected chi connectivity index (χ2v) is 5.46. The van der Waals surface area contributed by atoms with Gasteiger partial charge in [0.2, 0.25) is 5.91 Å². The maximum absolute atomic E-state index is 12.1. The number of nitrogens with zero attached hydrogens (tertiary/aromatic N) is 3. The molecule has 0 bridgehead atoms. The predicted molar refractivity (Wildman–Crippen MR) is 94.0 cm³/mol. The fourth-order valence-corrected chi connectivity index (χ4v) is 2.14. The van der Waals surface area contributed by atoms with E-state index in [1.807, 2.05) is 25.9 Å². The van der Waals surface area contributed by atoms with Gasteiger partial charge < -0.3 is 15.0 Å². The molecule has 124 valence electrons. The number of likely N-dealkylation sites (N-methyl/N-ethyl adjacent to an activating group) is 1. The van der Waals surface area contributed by atoms with Gasteiger partial charge in [-0.1, -0.05) is 6.08 Å². The van der Waals surface area contributed by atoms with E-state index in [-0.39, 0.29) is 5.91 Å². The molecule has 0 aliphatic rings. The van der Waals surface area contributed by atoms with Gasteiger partial charge in [-0.25, -0.2) is 0 Å². The highest BCUT2D eigenvalue weighted by atomic mass is 16.5. The number of anilines is 1. The van der Waals surface area contributed by atoms with E-state index in [0.29, 0.717) is 35.7 Å². The Labute approximate surface area is 141 Å². The lowest BCUT2D eigenvalue weighted by atomic mass is 10.1. The number of benzene rings is 1. The van der Waals surface area contributed by atoms with Crippen LogP contribution in [-0.2, 0) is 4.79 Å². The van der Waals surface area contributed by atoms with Gasteiger partial charge in [0.1, 0.15) is 11.8 Å². The SMILES string of the molecule is CCOc1cc2ncc(C#N)cc2cc1NC(=O)/C=C/CN(C)C. The van der Waals surface area contributed by atoms with Gasteiger partial charge in [-0.3, -0.25) is 9.78 Å². The summed E-state index contributed by atoms with van der Waals surface area (Å²) >= 11 is 0. The average molecular weight is 324 g/mol. The Morgan fingerprint density at radius 3 is 2.88 bits per heavy atom. The fourth-order valence-electron chi connectivity index (χ4n) is 2.14. The standard InChI is InChI=1S/C18H20N4O2/c1-4-24-17-10-15-14(8-13(11-19)12-20-15)9-16(17)21-18(23)6-5-7-22(2)3/h5-6,8-10,12H,4,7H2,1-3H3,(H,21,23)/b6-5+. The summed E-state index contributed by atoms with van der Waals surface area (Å²) in [6.07, 6.45) is 4.79. The van der Waals surface area contributed by atoms with Crippen LogP contribution in [0.25, 0.3) is 10.9 Å². The van der Waals surface area contributed by atoms with Gasteiger partial charge in [-0.05, 0) is 33.2 Å². The lowest BCUT2D eigenvalue weighted by Crippen LogP contribution is -2.13. The third-order valence-corrected chi connectivity index (χ3v) is 3.21. The summed E-state index contributed by atoms with van der Waals surface area (Å²) in [5.41, 5.74) is 1.73. The summed E-state index contributed by atoms with van der Waals surface area (Å²) < 4.78 is 5.59. The van der Waals surface area contributed by atoms with Gasteiger partial charge in [0, 0.05) is 30.3 Å². The lowest BCUT2D eigenvalue weighted by molar-refractivity contribution is -0.111. The van der Waals surface area contributed by atoms with E-state index < -0.39 is 0 Å². The van der Waals surface area contributed by atoms with Crippen LogP contribution in [-0.4, -0.2) is 43.0 Å². The molecule has 0 spiro atoms. The van der Waals surface area contributed by atoms with Crippen LogP contribution in [0.3, 0.4) is 0 Å². The molecule has 1 aromatic heterocycles. The molecule has 0 unspecified atom stereocenters. The van der Waals surface area contributed by atoms with E-state index in [0.717, 1.165) is 5.39 Å². The Balaban J connectivity index is 2.32. The van der Waals surface area contributed by atoms with Crippen LogP contribution >= 0.6 is 0 Å². The number of nitrogens with one attached hydrogen (secondary N) is 1. The van der Waals surface area contributed by atoms with E-state index in [9.17, 15) is 4.79 Å². The number of amides is 1. The molecule has 2 rings (SSSR count). The summed E-state index contributed by atoms with van der Waals surface area (Å²) in [5.74, 6) is 0.318. The molecule has 6 heteroatoms. The van der Waals surface area contributed by atoms with E-state index in [1.165, 1.54) is 12.3 Å². The summed E-state index contributed by atoms with van der Waals surface area (Å²) in [6, 6.07) is 7.33. The number of hydrogen-bond acceptors (Lipinski definition) is 5. The lowest BCUT2D eigenvalue weighted by Gasteiger charge is -2.12. The third-order valence-electron chi connectivity index (χ3n) is 3.21. The first kappa shape index (κ1) is 17.4. The molecule has 2 aromatic rings. The monoisotopic (exact) mass is 324 g/mol. The Bertz CT molecular complexity index is 807. The van der Waals surface area contributed by atoms with Crippen LogP contribution < -0.4 is 10.1 Å². The van der Waals surface area contributed by atoms with Gasteiger partial charge >= 0.3 is 0 Å². The van der Waals surface area contributed by atoms with Crippen molar-refractivity contribution in [3.05, 3.63) is 42.1 Å². The second kappa shape index (κ2) is 8.09. The highest BCUT2D eigenvalue weighted by Crippen LogP contribution is 2.30. The molecule has 1 aromatic carbocycles. The molecule has 1 N–H and O–H groups in total. The fraction of sp³-hybridized carbons (Fsp3) is 0.278. The Morgan fingerprint density at radius 2 is 2.21 bits per heavy atom. The largest absolute Gasteiger partial charge is 0.492 e. The van der Waals surface area contributed by atoms with Gasteiger partial charge in [-0.15, -0.1) is 0 Å². The van der Waals surface area contributed by atoms with Gasteiger partial charge in [0.15, 0.2) is 0 Å². The van der Waals surface area contributed by atoms with E-state index >= 15 is 0 Å². The van der Waals surface area contributed by atoms with Crippen LogP contribution in [0, 0.1) is 11.3 Å². The number of nitriles is 1. The van der Waals surface area contributed by atoms with Gasteiger partial charge in [-0.2, -0.15) is 5.26 Å². The summed E-state index contributed by atoms with van der Waals surface area (Å²) in [5, 5.41) is 12.6. The highest BCUT2D eigenvalue weighted by molar-refractivity contribution is 6.02. The van der Waals surface area contributed by atoms with Crippen LogP contribution in [0.4, 0.5) is 5.69 Å². The van der Waals surface area contributed by atoms with Crippen molar-refractivity contribution in [2.24, 2.45) is 0 Å². The van der Waals surface area contributed by atoms with Crippen molar-refractivity contribution in [3.63, 3.8) is 0 Å². The van der Waals surface area contributed by atoms with E-state index in [4.69, 9.17) is 10.00 Å². The number of carbonyl (C=O) groups is 1. The first-order valence-electron chi connectivity index (χ1n) is 7.62. The van der Waals surface area contributed by atoms with E-state index in [1.54, 1.807) is 24.3 Å². The second-order valence-electron chi connectivity index (χ2n) is 5.46. The van der Waals surface area contributed by atoms with Crippen LogP contribution in [0.2, 0.25) is 0 Å². The predicted octanol–water partition coefficient (Wildman–Crippen LogP) is 2.56. The van der Waals surface area contributed by atoms with Gasteiger partial charge in [0.25, 0.3) is 0 Å². The van der Waals surface area contributed by atoms with Crippen LogP contribution in [0.5, 0.6) is 5.75 Å².